The molecule has 0 aliphatic carbocycles. The number of carbonyl (C=O) groups excluding carboxylic acids is 1. The van der Waals surface area contributed by atoms with Gasteiger partial charge >= 0.3 is 0 Å². The molecule has 1 aromatic rings. The van der Waals surface area contributed by atoms with Gasteiger partial charge in [-0.25, -0.2) is 0 Å². The molecule has 1 aliphatic rings. The fourth-order valence-electron chi connectivity index (χ4n) is 1.92. The molecule has 0 spiro atoms. The Kier molecular flexibility index (Phi) is 5.25. The summed E-state index contributed by atoms with van der Waals surface area (Å²) in [7, 11) is 0. The smallest absolute Gasteiger partial charge is 0.255 e. The van der Waals surface area contributed by atoms with Crippen molar-refractivity contribution in [3.05, 3.63) is 34.9 Å². The first-order chi connectivity index (χ1) is 7.68. The summed E-state index contributed by atoms with van der Waals surface area (Å²) >= 11 is 6.01. The third kappa shape index (κ3) is 3.35. The summed E-state index contributed by atoms with van der Waals surface area (Å²) < 4.78 is 0. The first kappa shape index (κ1) is 14.3. The molecular weight excluding hydrogens is 259 g/mol. The van der Waals surface area contributed by atoms with Crippen LogP contribution in [0.1, 0.15) is 17.3 Å². The van der Waals surface area contributed by atoms with E-state index >= 15 is 0 Å². The fourth-order valence-corrected chi connectivity index (χ4v) is 2.14. The number of hydrogen-bond donors (Lipinski definition) is 1. The summed E-state index contributed by atoms with van der Waals surface area (Å²) in [5, 5.41) is 3.83. The number of rotatable bonds is 1. The molecule has 1 atom stereocenters. The predicted molar refractivity (Wildman–Crippen MR) is 72.1 cm³/mol. The lowest BCUT2D eigenvalue weighted by Crippen LogP contribution is -2.51. The summed E-state index contributed by atoms with van der Waals surface area (Å²) in [6, 6.07) is 7.54. The third-order valence-electron chi connectivity index (χ3n) is 2.76. The number of carbonyl (C=O) groups is 1. The molecule has 0 unspecified atom stereocenters. The Hall–Kier alpha value is -0.770. The van der Waals surface area contributed by atoms with Gasteiger partial charge in [-0.3, -0.25) is 4.79 Å². The van der Waals surface area contributed by atoms with Crippen LogP contribution in [-0.4, -0.2) is 36.5 Å². The largest absolute Gasteiger partial charge is 0.336 e. The maximum atomic E-state index is 12.2. The van der Waals surface area contributed by atoms with E-state index in [1.807, 2.05) is 17.0 Å². The second kappa shape index (κ2) is 6.24. The van der Waals surface area contributed by atoms with Gasteiger partial charge in [-0.15, -0.1) is 12.4 Å². The van der Waals surface area contributed by atoms with Crippen LogP contribution in [0, 0.1) is 0 Å². The van der Waals surface area contributed by atoms with Crippen molar-refractivity contribution < 1.29 is 4.79 Å². The van der Waals surface area contributed by atoms with Crippen LogP contribution in [0.5, 0.6) is 0 Å². The summed E-state index contributed by atoms with van der Waals surface area (Å²) in [5.41, 5.74) is 0.596. The van der Waals surface area contributed by atoms with Crippen LogP contribution in [0.25, 0.3) is 0 Å². The van der Waals surface area contributed by atoms with Crippen molar-refractivity contribution in [1.29, 1.82) is 0 Å². The standard InChI is InChI=1S/C12H15ClN2O.ClH/c1-9-8-15(7-6-14-9)12(16)10-4-2-3-5-11(10)13;/h2-5,9,14H,6-8H2,1H3;1H/t9-;/m0./s1. The molecule has 94 valence electrons. The van der Waals surface area contributed by atoms with Gasteiger partial charge in [0.2, 0.25) is 0 Å². The Morgan fingerprint density at radius 2 is 2.18 bits per heavy atom. The number of nitrogens with one attached hydrogen (secondary N) is 1. The quantitative estimate of drug-likeness (QED) is 0.852. The average Bonchev–Trinajstić information content (AvgIpc) is 2.29. The van der Waals surface area contributed by atoms with Crippen LogP contribution in [0.15, 0.2) is 24.3 Å². The molecule has 1 fully saturated rings. The molecule has 1 aliphatic heterocycles. The van der Waals surface area contributed by atoms with Gasteiger partial charge in [0.1, 0.15) is 0 Å². The minimum atomic E-state index is 0. The first-order valence-corrected chi connectivity index (χ1v) is 5.83. The van der Waals surface area contributed by atoms with Crippen molar-refractivity contribution in [2.45, 2.75) is 13.0 Å². The van der Waals surface area contributed by atoms with Gasteiger partial charge < -0.3 is 10.2 Å². The lowest BCUT2D eigenvalue weighted by molar-refractivity contribution is 0.0709. The maximum absolute atomic E-state index is 12.2. The molecular formula is C12H16Cl2N2O. The van der Waals surface area contributed by atoms with Gasteiger partial charge in [0.25, 0.3) is 5.91 Å². The van der Waals surface area contributed by atoms with Crippen molar-refractivity contribution in [1.82, 2.24) is 10.2 Å². The molecule has 17 heavy (non-hydrogen) atoms. The molecule has 0 radical (unpaired) electrons. The predicted octanol–water partition coefficient (Wildman–Crippen LogP) is 2.20. The molecule has 0 bridgehead atoms. The second-order valence-corrected chi connectivity index (χ2v) is 4.49. The van der Waals surface area contributed by atoms with Gasteiger partial charge in [0.05, 0.1) is 10.6 Å². The zero-order chi connectivity index (χ0) is 11.5. The van der Waals surface area contributed by atoms with Gasteiger partial charge in [0, 0.05) is 25.7 Å². The topological polar surface area (TPSA) is 32.3 Å². The Labute approximate surface area is 113 Å². The summed E-state index contributed by atoms with van der Waals surface area (Å²) in [6.07, 6.45) is 0. The molecule has 2 rings (SSSR count). The van der Waals surface area contributed by atoms with Gasteiger partial charge in [-0.1, -0.05) is 23.7 Å². The minimum absolute atomic E-state index is 0. The highest BCUT2D eigenvalue weighted by molar-refractivity contribution is 6.33. The number of amides is 1. The Bertz CT molecular complexity index is 398. The zero-order valence-corrected chi connectivity index (χ0v) is 11.2. The van der Waals surface area contributed by atoms with Crippen molar-refractivity contribution in [2.24, 2.45) is 0 Å². The Balaban J connectivity index is 0.00000144. The van der Waals surface area contributed by atoms with E-state index in [4.69, 9.17) is 11.6 Å². The first-order valence-electron chi connectivity index (χ1n) is 5.45. The van der Waals surface area contributed by atoms with E-state index in [-0.39, 0.29) is 18.3 Å². The number of piperazine rings is 1. The molecule has 3 nitrogen and oxygen atoms in total. The van der Waals surface area contributed by atoms with Crippen LogP contribution >= 0.6 is 24.0 Å². The van der Waals surface area contributed by atoms with Crippen molar-refractivity contribution in [3.63, 3.8) is 0 Å². The summed E-state index contributed by atoms with van der Waals surface area (Å²) in [4.78, 5) is 14.0. The molecule has 1 aromatic carbocycles. The van der Waals surface area contributed by atoms with Crippen molar-refractivity contribution >= 4 is 29.9 Å². The van der Waals surface area contributed by atoms with Gasteiger partial charge in [0.15, 0.2) is 0 Å². The summed E-state index contributed by atoms with van der Waals surface area (Å²) in [5.74, 6) is 0.0268. The second-order valence-electron chi connectivity index (χ2n) is 4.09. The number of nitrogens with zero attached hydrogens (tertiary/aromatic N) is 1. The van der Waals surface area contributed by atoms with Crippen LogP contribution in [0.3, 0.4) is 0 Å². The lowest BCUT2D eigenvalue weighted by atomic mass is 10.1. The number of halogens is 2. The molecule has 1 saturated heterocycles. The van der Waals surface area contributed by atoms with Crippen LogP contribution in [0.4, 0.5) is 0 Å². The lowest BCUT2D eigenvalue weighted by Gasteiger charge is -2.32. The van der Waals surface area contributed by atoms with E-state index in [0.717, 1.165) is 19.6 Å². The van der Waals surface area contributed by atoms with Crippen LogP contribution in [-0.2, 0) is 0 Å². The van der Waals surface area contributed by atoms with Crippen LogP contribution in [0.2, 0.25) is 5.02 Å². The maximum Gasteiger partial charge on any atom is 0.255 e. The highest BCUT2D eigenvalue weighted by atomic mass is 35.5. The molecule has 5 heteroatoms. The Morgan fingerprint density at radius 3 is 2.82 bits per heavy atom. The van der Waals surface area contributed by atoms with Crippen molar-refractivity contribution in [2.75, 3.05) is 19.6 Å². The molecule has 1 N–H and O–H groups in total. The van der Waals surface area contributed by atoms with E-state index in [1.165, 1.54) is 0 Å². The molecule has 1 heterocycles. The minimum Gasteiger partial charge on any atom is -0.336 e. The van der Waals surface area contributed by atoms with Crippen molar-refractivity contribution in [3.8, 4) is 0 Å². The number of hydrogen-bond acceptors (Lipinski definition) is 2. The summed E-state index contributed by atoms with van der Waals surface area (Å²) in [6.45, 7) is 4.40. The molecule has 0 aromatic heterocycles. The van der Waals surface area contributed by atoms with Crippen LogP contribution < -0.4 is 5.32 Å². The highest BCUT2D eigenvalue weighted by Gasteiger charge is 2.22. The van der Waals surface area contributed by atoms with E-state index in [1.54, 1.807) is 12.1 Å². The monoisotopic (exact) mass is 274 g/mol. The zero-order valence-electron chi connectivity index (χ0n) is 9.65. The number of benzene rings is 1. The normalized spacial score (nSPS) is 19.6. The van der Waals surface area contributed by atoms with E-state index in [0.29, 0.717) is 16.6 Å². The van der Waals surface area contributed by atoms with E-state index in [9.17, 15) is 4.79 Å². The van der Waals surface area contributed by atoms with Gasteiger partial charge in [-0.05, 0) is 19.1 Å². The Morgan fingerprint density at radius 1 is 1.47 bits per heavy atom. The van der Waals surface area contributed by atoms with E-state index in [2.05, 4.69) is 12.2 Å². The average molecular weight is 275 g/mol. The SMILES string of the molecule is C[C@H]1CN(C(=O)c2ccccc2Cl)CCN1.Cl. The molecule has 1 amide bonds. The third-order valence-corrected chi connectivity index (χ3v) is 3.09. The van der Waals surface area contributed by atoms with E-state index < -0.39 is 0 Å². The highest BCUT2D eigenvalue weighted by Crippen LogP contribution is 2.17. The fraction of sp³-hybridized carbons (Fsp3) is 0.417. The molecule has 0 saturated carbocycles. The van der Waals surface area contributed by atoms with Gasteiger partial charge in [-0.2, -0.15) is 0 Å².